The molecule has 1 N–H and O–H groups in total. The summed E-state index contributed by atoms with van der Waals surface area (Å²) in [4.78, 5) is 28.3. The Kier molecular flexibility index (Phi) is 8.38. The van der Waals surface area contributed by atoms with E-state index >= 15 is 0 Å². The molecule has 2 aromatic carbocycles. The number of ether oxygens (including phenoxy) is 1. The van der Waals surface area contributed by atoms with Crippen molar-refractivity contribution >= 4 is 17.4 Å². The predicted octanol–water partition coefficient (Wildman–Crippen LogP) is 6.83. The van der Waals surface area contributed by atoms with Crippen LogP contribution in [0.25, 0.3) is 5.76 Å². The minimum Gasteiger partial charge on any atom is -0.507 e. The average molecular weight is 506 g/mol. The second-order valence-electron chi connectivity index (χ2n) is 12.4. The summed E-state index contributed by atoms with van der Waals surface area (Å²) in [6.07, 6.45) is 0.689. The normalized spacial score (nSPS) is 18.2. The average Bonchev–Trinajstić information content (AvgIpc) is 3.05. The lowest BCUT2D eigenvalue weighted by Gasteiger charge is -2.27. The molecule has 0 spiro atoms. The van der Waals surface area contributed by atoms with Crippen molar-refractivity contribution in [2.45, 2.75) is 91.7 Å². The van der Waals surface area contributed by atoms with Crippen LogP contribution >= 0.6 is 0 Å². The molecule has 5 heteroatoms. The molecule has 1 saturated heterocycles. The first-order valence-electron chi connectivity index (χ1n) is 13.2. The highest BCUT2D eigenvalue weighted by molar-refractivity contribution is 6.46. The van der Waals surface area contributed by atoms with Gasteiger partial charge in [-0.2, -0.15) is 0 Å². The number of aryl methyl sites for hydroxylation is 1. The molecule has 1 atom stereocenters. The van der Waals surface area contributed by atoms with Gasteiger partial charge in [-0.25, -0.2) is 0 Å². The summed E-state index contributed by atoms with van der Waals surface area (Å²) in [5, 5.41) is 11.6. The standard InChI is InChI=1S/C32H43NO4/c1-20(2)37-18-10-17-33-27(22-12-15-23(16-13-22)31(4,5)6)26(29(35)30(33)36)28(34)25-19-24(32(7,8)9)14-11-21(25)3/h11-16,19-20,27,34H,10,17-18H2,1-9H3/b28-26+. The van der Waals surface area contributed by atoms with Gasteiger partial charge >= 0.3 is 0 Å². The van der Waals surface area contributed by atoms with Gasteiger partial charge in [0.1, 0.15) is 5.76 Å². The Labute approximate surface area is 222 Å². The lowest BCUT2D eigenvalue weighted by molar-refractivity contribution is -0.140. The highest BCUT2D eigenvalue weighted by atomic mass is 16.5. The van der Waals surface area contributed by atoms with E-state index in [1.165, 1.54) is 0 Å². The number of aliphatic hydroxyl groups excluding tert-OH is 1. The molecule has 0 aliphatic carbocycles. The number of nitrogens with zero attached hydrogens (tertiary/aromatic N) is 1. The van der Waals surface area contributed by atoms with Gasteiger partial charge in [0.2, 0.25) is 0 Å². The number of rotatable bonds is 7. The van der Waals surface area contributed by atoms with Crippen molar-refractivity contribution in [3.63, 3.8) is 0 Å². The minimum atomic E-state index is -0.661. The van der Waals surface area contributed by atoms with E-state index in [1.54, 1.807) is 4.90 Å². The van der Waals surface area contributed by atoms with Crippen molar-refractivity contribution in [3.8, 4) is 0 Å². The molecule has 0 bridgehead atoms. The summed E-state index contributed by atoms with van der Waals surface area (Å²) in [5.74, 6) is -1.35. The summed E-state index contributed by atoms with van der Waals surface area (Å²) in [5.41, 5.74) is 4.44. The van der Waals surface area contributed by atoms with Gasteiger partial charge in [0, 0.05) is 18.7 Å². The van der Waals surface area contributed by atoms with Crippen molar-refractivity contribution in [2.75, 3.05) is 13.2 Å². The molecule has 2 aromatic rings. The second-order valence-corrected chi connectivity index (χ2v) is 12.4. The van der Waals surface area contributed by atoms with Crippen molar-refractivity contribution in [1.82, 2.24) is 4.90 Å². The van der Waals surface area contributed by atoms with E-state index in [0.29, 0.717) is 25.1 Å². The van der Waals surface area contributed by atoms with Gasteiger partial charge in [0.25, 0.3) is 11.7 Å². The zero-order chi connectivity index (χ0) is 27.7. The van der Waals surface area contributed by atoms with Crippen molar-refractivity contribution in [3.05, 3.63) is 75.9 Å². The molecule has 1 aliphatic rings. The molecule has 1 aliphatic heterocycles. The Balaban J connectivity index is 2.14. The van der Waals surface area contributed by atoms with Crippen LogP contribution in [0.4, 0.5) is 0 Å². The maximum Gasteiger partial charge on any atom is 0.295 e. The second kappa shape index (κ2) is 10.8. The monoisotopic (exact) mass is 505 g/mol. The quantitative estimate of drug-likeness (QED) is 0.194. The molecule has 200 valence electrons. The fraction of sp³-hybridized carbons (Fsp3) is 0.500. The molecule has 0 radical (unpaired) electrons. The third-order valence-electron chi connectivity index (χ3n) is 6.99. The Morgan fingerprint density at radius 1 is 0.946 bits per heavy atom. The molecule has 3 rings (SSSR count). The fourth-order valence-electron chi connectivity index (χ4n) is 4.67. The maximum atomic E-state index is 13.4. The van der Waals surface area contributed by atoms with Crippen LogP contribution in [0.2, 0.25) is 0 Å². The van der Waals surface area contributed by atoms with E-state index in [0.717, 1.165) is 22.3 Å². The molecule has 5 nitrogen and oxygen atoms in total. The van der Waals surface area contributed by atoms with Gasteiger partial charge in [-0.05, 0) is 66.3 Å². The van der Waals surface area contributed by atoms with Gasteiger partial charge in [-0.15, -0.1) is 0 Å². The fourth-order valence-corrected chi connectivity index (χ4v) is 4.67. The van der Waals surface area contributed by atoms with Crippen LogP contribution < -0.4 is 0 Å². The summed E-state index contributed by atoms with van der Waals surface area (Å²) in [7, 11) is 0. The summed E-state index contributed by atoms with van der Waals surface area (Å²) < 4.78 is 5.68. The smallest absolute Gasteiger partial charge is 0.295 e. The van der Waals surface area contributed by atoms with Crippen LogP contribution in [0, 0.1) is 6.92 Å². The Hall–Kier alpha value is -2.92. The Bertz CT molecular complexity index is 1180. The summed E-state index contributed by atoms with van der Waals surface area (Å²) in [6, 6.07) is 13.3. The summed E-state index contributed by atoms with van der Waals surface area (Å²) >= 11 is 0. The lowest BCUT2D eigenvalue weighted by atomic mass is 9.84. The van der Waals surface area contributed by atoms with Crippen LogP contribution in [-0.4, -0.2) is 41.0 Å². The number of likely N-dealkylation sites (tertiary alicyclic amines) is 1. The molecular formula is C32H43NO4. The predicted molar refractivity (Wildman–Crippen MR) is 150 cm³/mol. The third-order valence-corrected chi connectivity index (χ3v) is 6.99. The lowest BCUT2D eigenvalue weighted by Crippen LogP contribution is -2.31. The van der Waals surface area contributed by atoms with E-state index in [4.69, 9.17) is 4.74 Å². The molecular weight excluding hydrogens is 462 g/mol. The number of hydrogen-bond acceptors (Lipinski definition) is 4. The number of aliphatic hydroxyl groups is 1. The zero-order valence-electron chi connectivity index (χ0n) is 23.9. The highest BCUT2D eigenvalue weighted by Gasteiger charge is 2.46. The number of ketones is 1. The first kappa shape index (κ1) is 28.6. The molecule has 1 amide bonds. The van der Waals surface area contributed by atoms with Crippen molar-refractivity contribution in [1.29, 1.82) is 0 Å². The number of hydrogen-bond donors (Lipinski definition) is 1. The molecule has 1 unspecified atom stereocenters. The number of amides is 1. The van der Waals surface area contributed by atoms with E-state index < -0.39 is 17.7 Å². The topological polar surface area (TPSA) is 66.8 Å². The van der Waals surface area contributed by atoms with Crippen LogP contribution in [0.1, 0.15) is 95.7 Å². The van der Waals surface area contributed by atoms with E-state index in [-0.39, 0.29) is 28.3 Å². The van der Waals surface area contributed by atoms with Crippen molar-refractivity contribution < 1.29 is 19.4 Å². The first-order valence-corrected chi connectivity index (χ1v) is 13.2. The Morgan fingerprint density at radius 2 is 1.51 bits per heavy atom. The van der Waals surface area contributed by atoms with E-state index in [2.05, 4.69) is 41.5 Å². The number of benzene rings is 2. The van der Waals surface area contributed by atoms with Gasteiger partial charge in [-0.3, -0.25) is 9.59 Å². The molecule has 0 aromatic heterocycles. The van der Waals surface area contributed by atoms with Crippen LogP contribution in [0.15, 0.2) is 48.0 Å². The number of carbonyl (C=O) groups excluding carboxylic acids is 2. The molecule has 37 heavy (non-hydrogen) atoms. The third kappa shape index (κ3) is 6.32. The van der Waals surface area contributed by atoms with Crippen LogP contribution in [0.3, 0.4) is 0 Å². The van der Waals surface area contributed by atoms with Gasteiger partial charge in [0.15, 0.2) is 0 Å². The largest absolute Gasteiger partial charge is 0.507 e. The first-order chi connectivity index (χ1) is 17.1. The highest BCUT2D eigenvalue weighted by Crippen LogP contribution is 2.41. The van der Waals surface area contributed by atoms with Crippen LogP contribution in [0.5, 0.6) is 0 Å². The number of Topliss-reactive ketones (excluding diaryl/α,β-unsaturated/α-hetero) is 1. The van der Waals surface area contributed by atoms with Gasteiger partial charge in [0.05, 0.1) is 17.7 Å². The summed E-state index contributed by atoms with van der Waals surface area (Å²) in [6.45, 7) is 19.5. The minimum absolute atomic E-state index is 0.0287. The van der Waals surface area contributed by atoms with E-state index in [9.17, 15) is 14.7 Å². The Morgan fingerprint density at radius 3 is 2.05 bits per heavy atom. The van der Waals surface area contributed by atoms with Gasteiger partial charge in [-0.1, -0.05) is 77.9 Å². The number of carbonyl (C=O) groups is 2. The maximum absolute atomic E-state index is 13.4. The molecule has 1 heterocycles. The van der Waals surface area contributed by atoms with Crippen LogP contribution in [-0.2, 0) is 25.2 Å². The SMILES string of the molecule is Cc1ccc(C(C)(C)C)cc1/C(O)=C1\C(=O)C(=O)N(CCCOC(C)C)C1c1ccc(C(C)(C)C)cc1. The molecule has 1 fully saturated rings. The van der Waals surface area contributed by atoms with Gasteiger partial charge < -0.3 is 14.7 Å². The molecule has 0 saturated carbocycles. The van der Waals surface area contributed by atoms with Crippen molar-refractivity contribution in [2.24, 2.45) is 0 Å². The zero-order valence-corrected chi connectivity index (χ0v) is 23.9. The van der Waals surface area contributed by atoms with E-state index in [1.807, 2.05) is 63.2 Å².